The summed E-state index contributed by atoms with van der Waals surface area (Å²) in [5.41, 5.74) is 10.0. The largest absolute Gasteiger partial charge is 0.493 e. The number of aliphatic carboxylic acids is 1. The number of nitrogens with two attached hydrogens (primary N) is 1. The van der Waals surface area contributed by atoms with Crippen molar-refractivity contribution in [3.63, 3.8) is 0 Å². The second-order valence-electron chi connectivity index (χ2n) is 21.0. The van der Waals surface area contributed by atoms with Gasteiger partial charge in [0.15, 0.2) is 5.82 Å². The molecule has 1 aliphatic heterocycles. The summed E-state index contributed by atoms with van der Waals surface area (Å²) in [5, 5.41) is 44.2. The van der Waals surface area contributed by atoms with E-state index in [1.807, 2.05) is 17.0 Å². The summed E-state index contributed by atoms with van der Waals surface area (Å²) >= 11 is 8.23. The molecule has 30 heteroatoms. The lowest BCUT2D eigenvalue weighted by Gasteiger charge is -2.34. The highest BCUT2D eigenvalue weighted by atomic mass is 35.5. The van der Waals surface area contributed by atoms with Crippen LogP contribution in [0.4, 0.5) is 26.4 Å². The molecule has 6 N–H and O–H groups in total. The molecule has 0 unspecified atom stereocenters. The van der Waals surface area contributed by atoms with Crippen molar-refractivity contribution in [2.24, 2.45) is 0 Å². The van der Waals surface area contributed by atoms with Crippen molar-refractivity contribution in [1.82, 2.24) is 55.1 Å². The van der Waals surface area contributed by atoms with Crippen LogP contribution in [0.15, 0.2) is 90.2 Å². The first-order valence-electron chi connectivity index (χ1n) is 29.5. The molecule has 0 saturated carbocycles. The van der Waals surface area contributed by atoms with Crippen LogP contribution in [0.5, 0.6) is 5.88 Å². The van der Waals surface area contributed by atoms with Crippen LogP contribution in [0, 0.1) is 29.9 Å². The Kier molecular flexibility index (Phi) is 24.6. The van der Waals surface area contributed by atoms with E-state index in [9.17, 15) is 34.2 Å². The molecule has 8 aromatic rings. The number of aromatic nitrogens is 9. The zero-order chi connectivity index (χ0) is 64.9. The van der Waals surface area contributed by atoms with E-state index in [1.54, 1.807) is 66.0 Å². The Morgan fingerprint density at radius 3 is 2.13 bits per heavy atom. The number of benzene rings is 3. The van der Waals surface area contributed by atoms with Crippen LogP contribution in [-0.2, 0) is 56.7 Å². The minimum Gasteiger partial charge on any atom is -0.493 e. The molecule has 5 aromatic heterocycles. The second-order valence-corrected chi connectivity index (χ2v) is 22.4. The maximum Gasteiger partial charge on any atom is 0.326 e. The second kappa shape index (κ2) is 33.5. The van der Waals surface area contributed by atoms with E-state index in [0.29, 0.717) is 149 Å². The Labute approximate surface area is 536 Å². The molecule has 6 heterocycles. The first-order chi connectivity index (χ1) is 44.6. The van der Waals surface area contributed by atoms with Crippen molar-refractivity contribution in [2.75, 3.05) is 121 Å². The highest BCUT2D eigenvalue weighted by Gasteiger charge is 2.26. The predicted octanol–water partition coefficient (Wildman–Crippen LogP) is 6.75. The number of rotatable bonds is 34. The van der Waals surface area contributed by atoms with Gasteiger partial charge in [-0.05, 0) is 86.8 Å². The van der Waals surface area contributed by atoms with Gasteiger partial charge in [-0.1, -0.05) is 22.9 Å². The first-order valence-corrected chi connectivity index (χ1v) is 30.8. The number of pyridine rings is 2. The lowest BCUT2D eigenvalue weighted by molar-refractivity contribution is -0.139. The Morgan fingerprint density at radius 1 is 0.804 bits per heavy atom. The Morgan fingerprint density at radius 2 is 1.47 bits per heavy atom. The molecule has 0 bridgehead atoms. The maximum absolute atomic E-state index is 15.6. The number of thioether (sulfide) groups is 1. The number of fused-ring (bicyclic) bond motifs is 2. The number of nitriles is 1. The lowest BCUT2D eigenvalue weighted by Crippen LogP contribution is -2.50. The van der Waals surface area contributed by atoms with Crippen LogP contribution >= 0.6 is 23.4 Å². The molecule has 0 radical (unpaired) electrons. The van der Waals surface area contributed by atoms with Crippen molar-refractivity contribution < 1.29 is 61.8 Å². The van der Waals surface area contributed by atoms with E-state index in [-0.39, 0.29) is 77.7 Å². The molecule has 2 amide bonds. The first kappa shape index (κ1) is 67.5. The number of hydrogen-bond acceptors (Lipinski definition) is 23. The number of amides is 2. The minimum absolute atomic E-state index is 0.00751. The number of anilines is 3. The van der Waals surface area contributed by atoms with E-state index in [4.69, 9.17) is 45.8 Å². The third-order valence-electron chi connectivity index (χ3n) is 14.5. The normalized spacial score (nSPS) is 13.1. The van der Waals surface area contributed by atoms with Crippen LogP contribution in [0.1, 0.15) is 57.8 Å². The number of carboxylic acids is 1. The van der Waals surface area contributed by atoms with Crippen LogP contribution in [-0.4, -0.2) is 189 Å². The van der Waals surface area contributed by atoms with Gasteiger partial charge >= 0.3 is 5.97 Å². The molecule has 3 aromatic carbocycles. The standard InChI is InChI=1S/C62H68ClF2N15O11S/c1-38(46-29-40(32-66)3-10-48(46)64)71-57-54(63)39(2)70-52-31-49(65)55(74-56(52)57)43-33-68-62(69-34-43)79-15-13-78(14-16-79)53(81)36-91-28-27-90-26-25-89-24-23-88-22-21-87-20-19-86-18-17-80-35-44(76-77-80)7-12-51(60(84)85)72-58(82)42-5-8-45(9-6-42)92-37-41-4-11-50-47(30-41)59(83)75-61(67)73-50/h3-6,8-11,29-31,33-35,38,51H,7,12-28,36-37H2,1-2H3,(H,70,71)(H,72,82)(H,84,85)(H3,67,73,75,83)/t38-,51+/m1/s1. The van der Waals surface area contributed by atoms with E-state index in [1.165, 1.54) is 48.4 Å². The number of aryl methyl sites for hydroxylation is 2. The zero-order valence-electron chi connectivity index (χ0n) is 50.4. The number of hydrogen-bond donors (Lipinski definition) is 5. The third-order valence-corrected chi connectivity index (χ3v) is 16.1. The zero-order valence-corrected chi connectivity index (χ0v) is 52.0. The molecule has 9 rings (SSSR count). The summed E-state index contributed by atoms with van der Waals surface area (Å²) in [4.78, 5) is 68.5. The van der Waals surface area contributed by atoms with Gasteiger partial charge in [0.2, 0.25) is 23.7 Å². The van der Waals surface area contributed by atoms with E-state index < -0.39 is 35.6 Å². The van der Waals surface area contributed by atoms with E-state index in [2.05, 4.69) is 50.8 Å². The van der Waals surface area contributed by atoms with Gasteiger partial charge in [-0.2, -0.15) is 10.2 Å². The van der Waals surface area contributed by atoms with Crippen molar-refractivity contribution in [3.8, 4) is 23.2 Å². The van der Waals surface area contributed by atoms with Gasteiger partial charge in [-0.15, -0.1) is 16.9 Å². The third kappa shape index (κ3) is 18.9. The van der Waals surface area contributed by atoms with Crippen LogP contribution in [0.25, 0.3) is 33.2 Å². The summed E-state index contributed by atoms with van der Waals surface area (Å²) in [6.07, 6.45) is 5.04. The predicted molar refractivity (Wildman–Crippen MR) is 336 cm³/mol. The van der Waals surface area contributed by atoms with Gasteiger partial charge in [-0.25, -0.2) is 43.2 Å². The number of carbonyl (C=O) groups is 3. The quantitative estimate of drug-likeness (QED) is 0.0206. The van der Waals surface area contributed by atoms with E-state index >= 15 is 4.39 Å². The number of halogens is 3. The van der Waals surface area contributed by atoms with Gasteiger partial charge in [0.05, 0.1) is 135 Å². The molecule has 0 spiro atoms. The average Bonchev–Trinajstić information content (AvgIpc) is 0.878. The number of carboxylic acid groups (broad SMARTS) is 1. The molecule has 0 aliphatic carbocycles. The number of ether oxygens (including phenoxy) is 6. The van der Waals surface area contributed by atoms with Gasteiger partial charge in [0.1, 0.15) is 29.7 Å². The van der Waals surface area contributed by atoms with Gasteiger partial charge < -0.3 is 64.8 Å². The van der Waals surface area contributed by atoms with E-state index in [0.717, 1.165) is 10.5 Å². The highest BCUT2D eigenvalue weighted by molar-refractivity contribution is 7.98. The number of carbonyl (C=O) groups excluding carboxylic acids is 2. The fraction of sp³-hybridized carbons (Fsp3) is 0.387. The molecule has 1 aliphatic rings. The van der Waals surface area contributed by atoms with Crippen molar-refractivity contribution >= 4 is 80.7 Å². The van der Waals surface area contributed by atoms with Gasteiger partial charge in [-0.3, -0.25) is 9.59 Å². The molecule has 92 heavy (non-hydrogen) atoms. The molecular formula is C62H68ClF2N15O11S. The fourth-order valence-electron chi connectivity index (χ4n) is 9.60. The molecule has 484 valence electrons. The topological polar surface area (TPSA) is 335 Å². The molecule has 26 nitrogen and oxygen atoms in total. The average molecular weight is 1300 g/mol. The number of piperazine rings is 1. The summed E-state index contributed by atoms with van der Waals surface area (Å²) in [5.74, 6) is -2.20. The molecule has 1 fully saturated rings. The number of nitrogen functional groups attached to an aromatic ring is 1. The summed E-state index contributed by atoms with van der Waals surface area (Å²) in [6, 6.07) is 17.8. The maximum atomic E-state index is 15.6. The fourth-order valence-corrected chi connectivity index (χ4v) is 10.6. The van der Waals surface area contributed by atoms with Gasteiger partial charge in [0, 0.05) is 78.2 Å². The highest BCUT2D eigenvalue weighted by Crippen LogP contribution is 2.37. The van der Waals surface area contributed by atoms with Crippen LogP contribution < -0.4 is 21.3 Å². The Balaban J connectivity index is 0.556. The molecule has 1 saturated heterocycles. The number of aromatic hydroxyl groups is 1. The SMILES string of the molecule is Cc1nc2cc(F)c(-c3cnc(N4CCN(C(=O)COCCOCCOCCOCCOCCOCCn5cc(CC[C@H](NC(=O)c6ccc(SCc7ccc8nc(N)nc(O)c8c7)cc6)C(=O)O)nn5)CC4)nc3)nc2c(N[C@H](C)c2cc(C#N)ccc2F)c1Cl. The van der Waals surface area contributed by atoms with Crippen LogP contribution in [0.3, 0.4) is 0 Å². The minimum atomic E-state index is -1.16. The lowest BCUT2D eigenvalue weighted by atomic mass is 10.0. The van der Waals surface area contributed by atoms with Crippen molar-refractivity contribution in [1.29, 1.82) is 5.26 Å². The summed E-state index contributed by atoms with van der Waals surface area (Å²) < 4.78 is 65.6. The Bertz CT molecular complexity index is 3870. The number of nitrogens with zero attached hydrogens (tertiary/aromatic N) is 12. The summed E-state index contributed by atoms with van der Waals surface area (Å²) in [6.45, 7) is 9.32. The number of nitrogens with one attached hydrogen (secondary N) is 2. The summed E-state index contributed by atoms with van der Waals surface area (Å²) in [7, 11) is 0. The smallest absolute Gasteiger partial charge is 0.326 e. The molecule has 2 atom stereocenters. The monoisotopic (exact) mass is 1300 g/mol. The molecular weight excluding hydrogens is 1240 g/mol. The van der Waals surface area contributed by atoms with Crippen LogP contribution in [0.2, 0.25) is 5.02 Å². The van der Waals surface area contributed by atoms with Gasteiger partial charge in [0.25, 0.3) is 5.91 Å². The van der Waals surface area contributed by atoms with Crippen molar-refractivity contribution in [3.05, 3.63) is 136 Å². The van der Waals surface area contributed by atoms with Crippen molar-refractivity contribution in [2.45, 2.75) is 56.0 Å². The Hall–Kier alpha value is -8.86.